The first-order valence-electron chi connectivity index (χ1n) is 7.73. The monoisotopic (exact) mass is 305 g/mol. The van der Waals surface area contributed by atoms with Crippen LogP contribution in [0.1, 0.15) is 52.9 Å². The van der Waals surface area contributed by atoms with Crippen molar-refractivity contribution in [1.29, 1.82) is 0 Å². The fourth-order valence-corrected chi connectivity index (χ4v) is 4.40. The summed E-state index contributed by atoms with van der Waals surface area (Å²) < 4.78 is 11.6. The van der Waals surface area contributed by atoms with Crippen molar-refractivity contribution in [2.75, 3.05) is 26.8 Å². The zero-order valence-corrected chi connectivity index (χ0v) is 14.6. The van der Waals surface area contributed by atoms with Crippen LogP contribution in [-0.2, 0) is 8.85 Å². The van der Waals surface area contributed by atoms with Crippen molar-refractivity contribution in [2.45, 2.75) is 58.4 Å². The zero-order chi connectivity index (χ0) is 15.4. The number of amides is 1. The van der Waals surface area contributed by atoms with Crippen LogP contribution in [0.4, 0.5) is 4.79 Å². The first kappa shape index (κ1) is 19.4. The summed E-state index contributed by atoms with van der Waals surface area (Å²) >= 11 is 0. The molecule has 0 aliphatic heterocycles. The lowest BCUT2D eigenvalue weighted by Crippen LogP contribution is -2.29. The van der Waals surface area contributed by atoms with E-state index >= 15 is 0 Å². The maximum absolute atomic E-state index is 10.6. The molecule has 0 aliphatic rings. The maximum atomic E-state index is 10.6. The molecule has 5 nitrogen and oxygen atoms in total. The van der Waals surface area contributed by atoms with Crippen LogP contribution in [0.5, 0.6) is 0 Å². The molecule has 6 heteroatoms. The Kier molecular flexibility index (Phi) is 11.8. The molecule has 0 aromatic heterocycles. The molecule has 0 aromatic carbocycles. The Morgan fingerprint density at radius 1 is 1.15 bits per heavy atom. The van der Waals surface area contributed by atoms with Gasteiger partial charge >= 0.3 is 15.4 Å². The summed E-state index contributed by atoms with van der Waals surface area (Å²) in [6.07, 6.45) is 4.49. The number of rotatable bonds is 12. The van der Waals surface area contributed by atoms with Gasteiger partial charge in [0, 0.05) is 26.8 Å². The van der Waals surface area contributed by atoms with E-state index in [2.05, 4.69) is 6.92 Å². The maximum Gasteiger partial charge on any atom is 0.407 e. The first-order valence-corrected chi connectivity index (χ1v) is 9.34. The SMILES string of the molecule is CCO[SiH](OCC)C(CC)CCCCCN(C)C(=O)O. The molecule has 0 bridgehead atoms. The van der Waals surface area contributed by atoms with E-state index < -0.39 is 15.4 Å². The molecule has 0 spiro atoms. The summed E-state index contributed by atoms with van der Waals surface area (Å²) in [6.45, 7) is 8.32. The summed E-state index contributed by atoms with van der Waals surface area (Å²) in [4.78, 5) is 12.0. The van der Waals surface area contributed by atoms with E-state index in [1.165, 1.54) is 4.90 Å². The summed E-state index contributed by atoms with van der Waals surface area (Å²) in [5.41, 5.74) is 0.562. The van der Waals surface area contributed by atoms with Crippen molar-refractivity contribution >= 4 is 15.4 Å². The fraction of sp³-hybridized carbons (Fsp3) is 0.929. The Balaban J connectivity index is 3.90. The molecule has 1 atom stereocenters. The van der Waals surface area contributed by atoms with Gasteiger partial charge in [-0.3, -0.25) is 0 Å². The standard InChI is InChI=1S/C14H31NO4Si/c1-5-13(20(18-6-2)19-7-3)11-9-8-10-12-15(4)14(16)17/h13,20H,5-12H2,1-4H3,(H,16,17). The molecule has 0 radical (unpaired) electrons. The van der Waals surface area contributed by atoms with Crippen molar-refractivity contribution < 1.29 is 18.8 Å². The predicted molar refractivity (Wildman–Crippen MR) is 83.6 cm³/mol. The molecule has 0 heterocycles. The summed E-state index contributed by atoms with van der Waals surface area (Å²) in [5.74, 6) is 0. The molecule has 0 saturated carbocycles. The predicted octanol–water partition coefficient (Wildman–Crippen LogP) is 3.23. The number of carboxylic acid groups (broad SMARTS) is 1. The van der Waals surface area contributed by atoms with E-state index in [1.54, 1.807) is 7.05 Å². The third-order valence-electron chi connectivity index (χ3n) is 3.47. The fourth-order valence-electron chi connectivity index (χ4n) is 2.21. The summed E-state index contributed by atoms with van der Waals surface area (Å²) in [7, 11) is 0.0746. The van der Waals surface area contributed by atoms with Crippen LogP contribution < -0.4 is 0 Å². The number of hydrogen-bond acceptors (Lipinski definition) is 3. The Morgan fingerprint density at radius 2 is 1.75 bits per heavy atom. The van der Waals surface area contributed by atoms with E-state index in [0.29, 0.717) is 12.1 Å². The van der Waals surface area contributed by atoms with Gasteiger partial charge < -0.3 is 18.9 Å². The molecular formula is C14H31NO4Si. The van der Waals surface area contributed by atoms with E-state index in [4.69, 9.17) is 14.0 Å². The smallest absolute Gasteiger partial charge is 0.407 e. The van der Waals surface area contributed by atoms with Gasteiger partial charge in [0.2, 0.25) is 0 Å². The molecule has 1 amide bonds. The van der Waals surface area contributed by atoms with E-state index in [0.717, 1.165) is 45.3 Å². The molecule has 0 fully saturated rings. The van der Waals surface area contributed by atoms with Gasteiger partial charge in [0.25, 0.3) is 0 Å². The molecule has 0 aliphatic carbocycles. The zero-order valence-electron chi connectivity index (χ0n) is 13.4. The third kappa shape index (κ3) is 8.55. The largest absolute Gasteiger partial charge is 0.465 e. The topological polar surface area (TPSA) is 59.0 Å². The van der Waals surface area contributed by atoms with Crippen molar-refractivity contribution in [1.82, 2.24) is 4.90 Å². The van der Waals surface area contributed by atoms with Crippen molar-refractivity contribution in [2.24, 2.45) is 0 Å². The van der Waals surface area contributed by atoms with Crippen LogP contribution >= 0.6 is 0 Å². The van der Waals surface area contributed by atoms with Crippen LogP contribution in [0.3, 0.4) is 0 Å². The average Bonchev–Trinajstić information content (AvgIpc) is 2.42. The Labute approximate surface area is 125 Å². The number of nitrogens with zero attached hydrogens (tertiary/aromatic N) is 1. The normalized spacial score (nSPS) is 12.7. The van der Waals surface area contributed by atoms with Gasteiger partial charge in [0.15, 0.2) is 0 Å². The minimum Gasteiger partial charge on any atom is -0.465 e. The van der Waals surface area contributed by atoms with Gasteiger partial charge in [-0.05, 0) is 32.2 Å². The highest BCUT2D eigenvalue weighted by Gasteiger charge is 2.23. The Hall–Kier alpha value is -0.593. The lowest BCUT2D eigenvalue weighted by molar-refractivity contribution is 0.155. The van der Waals surface area contributed by atoms with Crippen molar-refractivity contribution in [3.8, 4) is 0 Å². The minimum atomic E-state index is -1.54. The molecule has 120 valence electrons. The van der Waals surface area contributed by atoms with Crippen molar-refractivity contribution in [3.63, 3.8) is 0 Å². The second-order valence-electron chi connectivity index (χ2n) is 5.00. The minimum absolute atomic E-state index is 0.562. The van der Waals surface area contributed by atoms with E-state index in [9.17, 15) is 4.79 Å². The van der Waals surface area contributed by atoms with E-state index in [1.807, 2.05) is 13.8 Å². The Bertz CT molecular complexity index is 247. The Morgan fingerprint density at radius 3 is 2.20 bits per heavy atom. The number of hydrogen-bond donors (Lipinski definition) is 1. The van der Waals surface area contributed by atoms with Crippen molar-refractivity contribution in [3.05, 3.63) is 0 Å². The molecule has 1 N–H and O–H groups in total. The molecule has 20 heavy (non-hydrogen) atoms. The lowest BCUT2D eigenvalue weighted by Gasteiger charge is -2.23. The van der Waals surface area contributed by atoms with Crippen LogP contribution in [0, 0.1) is 0 Å². The summed E-state index contributed by atoms with van der Waals surface area (Å²) in [6, 6.07) is 0. The van der Waals surface area contributed by atoms with Crippen LogP contribution in [0.15, 0.2) is 0 Å². The summed E-state index contributed by atoms with van der Waals surface area (Å²) in [5, 5.41) is 8.75. The highest BCUT2D eigenvalue weighted by molar-refractivity contribution is 6.46. The van der Waals surface area contributed by atoms with E-state index in [-0.39, 0.29) is 0 Å². The quantitative estimate of drug-likeness (QED) is 0.444. The molecule has 0 saturated heterocycles. The van der Waals surface area contributed by atoms with Gasteiger partial charge in [-0.2, -0.15) is 0 Å². The second kappa shape index (κ2) is 12.2. The first-order chi connectivity index (χ1) is 9.56. The highest BCUT2D eigenvalue weighted by Crippen LogP contribution is 2.24. The van der Waals surface area contributed by atoms with Gasteiger partial charge in [0.1, 0.15) is 0 Å². The molecule has 0 rings (SSSR count). The molecule has 0 aromatic rings. The van der Waals surface area contributed by atoms with Crippen LogP contribution in [-0.4, -0.2) is 52.2 Å². The second-order valence-corrected chi connectivity index (χ2v) is 7.35. The highest BCUT2D eigenvalue weighted by atomic mass is 28.3. The van der Waals surface area contributed by atoms with Gasteiger partial charge in [0.05, 0.1) is 0 Å². The van der Waals surface area contributed by atoms with Gasteiger partial charge in [-0.25, -0.2) is 4.79 Å². The number of unbranched alkanes of at least 4 members (excludes halogenated alkanes) is 2. The van der Waals surface area contributed by atoms with Gasteiger partial charge in [-0.1, -0.05) is 26.2 Å². The van der Waals surface area contributed by atoms with Crippen LogP contribution in [0.25, 0.3) is 0 Å². The molecule has 1 unspecified atom stereocenters. The third-order valence-corrected chi connectivity index (χ3v) is 6.36. The average molecular weight is 305 g/mol. The van der Waals surface area contributed by atoms with Crippen LogP contribution in [0.2, 0.25) is 5.54 Å². The molecular weight excluding hydrogens is 274 g/mol. The lowest BCUT2D eigenvalue weighted by atomic mass is 10.1. The number of carbonyl (C=O) groups is 1. The van der Waals surface area contributed by atoms with Gasteiger partial charge in [-0.15, -0.1) is 0 Å².